The summed E-state index contributed by atoms with van der Waals surface area (Å²) in [4.78, 5) is 24.6. The third-order valence-corrected chi connectivity index (χ3v) is 3.61. The Kier molecular flexibility index (Phi) is 4.31. The molecule has 0 bridgehead atoms. The van der Waals surface area contributed by atoms with Crippen LogP contribution in [0.3, 0.4) is 0 Å². The Morgan fingerprint density at radius 2 is 1.76 bits per heavy atom. The van der Waals surface area contributed by atoms with Crippen LogP contribution >= 0.6 is 0 Å². The number of phenolic OH excluding ortho intramolecular Hbond substituents is 2. The molecular formula is C16H19NO4. The van der Waals surface area contributed by atoms with Crippen LogP contribution in [0.25, 0.3) is 5.57 Å². The van der Waals surface area contributed by atoms with Gasteiger partial charge in [0.2, 0.25) is 0 Å². The first kappa shape index (κ1) is 15.1. The Morgan fingerprint density at radius 3 is 2.33 bits per heavy atom. The molecule has 0 unspecified atom stereocenters. The van der Waals surface area contributed by atoms with Gasteiger partial charge in [-0.25, -0.2) is 0 Å². The molecule has 0 radical (unpaired) electrons. The van der Waals surface area contributed by atoms with Gasteiger partial charge in [0.1, 0.15) is 0 Å². The molecule has 5 nitrogen and oxygen atoms in total. The molecule has 0 heterocycles. The van der Waals surface area contributed by atoms with Crippen molar-refractivity contribution in [1.29, 1.82) is 0 Å². The molecule has 1 aliphatic rings. The van der Waals surface area contributed by atoms with Crippen molar-refractivity contribution >= 4 is 17.3 Å². The monoisotopic (exact) mass is 289 g/mol. The number of nitrogens with one attached hydrogen (secondary N) is 1. The number of carbonyl (C=O) groups excluding carboxylic acids is 2. The first-order valence-electron chi connectivity index (χ1n) is 7.13. The zero-order valence-corrected chi connectivity index (χ0v) is 12.2. The van der Waals surface area contributed by atoms with Gasteiger partial charge in [0, 0.05) is 12.1 Å². The van der Waals surface area contributed by atoms with Gasteiger partial charge in [0.15, 0.2) is 17.3 Å². The van der Waals surface area contributed by atoms with Gasteiger partial charge in [-0.3, -0.25) is 9.59 Å². The lowest BCUT2D eigenvalue weighted by molar-refractivity contribution is -0.117. The molecule has 0 aliphatic heterocycles. The second kappa shape index (κ2) is 5.99. The minimum atomic E-state index is -0.397. The normalized spacial score (nSPS) is 13.5. The van der Waals surface area contributed by atoms with Gasteiger partial charge in [-0.2, -0.15) is 0 Å². The van der Waals surface area contributed by atoms with Crippen LogP contribution in [-0.2, 0) is 4.79 Å². The maximum Gasteiger partial charge on any atom is 0.255 e. The number of hydrogen-bond donors (Lipinski definition) is 3. The number of allylic oxidation sites excluding steroid dienone is 1. The van der Waals surface area contributed by atoms with Crippen molar-refractivity contribution in [1.82, 2.24) is 5.32 Å². The third-order valence-electron chi connectivity index (χ3n) is 3.61. The number of Topliss-reactive ketones (excluding diaryl/α,β-unsaturated/α-hetero) is 1. The summed E-state index contributed by atoms with van der Waals surface area (Å²) in [6.07, 6.45) is 2.30. The molecule has 1 amide bonds. The van der Waals surface area contributed by atoms with Gasteiger partial charge >= 0.3 is 0 Å². The van der Waals surface area contributed by atoms with Crippen LogP contribution in [-0.4, -0.2) is 28.4 Å². The molecule has 2 rings (SSSR count). The van der Waals surface area contributed by atoms with Gasteiger partial charge in [0.05, 0.1) is 5.57 Å². The molecule has 0 saturated heterocycles. The standard InChI is InChI=1S/C16H19NO4/c1-3-5-6-17-16(21)14-9(4-2)10-7-12(18)13(19)8-11(10)15(14)20/h7-8,18-19H,3-6H2,1-2H3,(H,17,21). The fourth-order valence-corrected chi connectivity index (χ4v) is 2.50. The Balaban J connectivity index is 2.39. The number of hydrogen-bond acceptors (Lipinski definition) is 4. The van der Waals surface area contributed by atoms with E-state index in [0.717, 1.165) is 12.8 Å². The summed E-state index contributed by atoms with van der Waals surface area (Å²) in [6.45, 7) is 4.39. The summed E-state index contributed by atoms with van der Waals surface area (Å²) in [5, 5.41) is 21.9. The van der Waals surface area contributed by atoms with Crippen molar-refractivity contribution < 1.29 is 19.8 Å². The highest BCUT2D eigenvalue weighted by molar-refractivity contribution is 6.34. The fraction of sp³-hybridized carbons (Fsp3) is 0.375. The lowest BCUT2D eigenvalue weighted by Crippen LogP contribution is -2.28. The average Bonchev–Trinajstić information content (AvgIpc) is 2.72. The molecule has 1 aromatic carbocycles. The molecule has 0 saturated carbocycles. The second-order valence-electron chi connectivity index (χ2n) is 5.03. The number of amides is 1. The second-order valence-corrected chi connectivity index (χ2v) is 5.03. The number of phenols is 2. The van der Waals surface area contributed by atoms with Crippen molar-refractivity contribution in [2.75, 3.05) is 6.54 Å². The average molecular weight is 289 g/mol. The van der Waals surface area contributed by atoms with Gasteiger partial charge < -0.3 is 15.5 Å². The molecule has 0 aromatic heterocycles. The maximum absolute atomic E-state index is 12.4. The lowest BCUT2D eigenvalue weighted by Gasteiger charge is -2.06. The summed E-state index contributed by atoms with van der Waals surface area (Å²) in [5.41, 5.74) is 1.52. The van der Waals surface area contributed by atoms with Crippen LogP contribution in [0.1, 0.15) is 49.0 Å². The highest BCUT2D eigenvalue weighted by Gasteiger charge is 2.33. The molecule has 21 heavy (non-hydrogen) atoms. The fourth-order valence-electron chi connectivity index (χ4n) is 2.50. The number of aromatic hydroxyl groups is 2. The molecule has 3 N–H and O–H groups in total. The predicted octanol–water partition coefficient (Wildman–Crippen LogP) is 2.37. The van der Waals surface area contributed by atoms with Crippen LogP contribution in [0, 0.1) is 0 Å². The molecule has 5 heteroatoms. The number of unbranched alkanes of at least 4 members (excludes halogenated alkanes) is 1. The van der Waals surface area contributed by atoms with E-state index in [1.54, 1.807) is 0 Å². The molecule has 0 spiro atoms. The van der Waals surface area contributed by atoms with Crippen LogP contribution in [0.4, 0.5) is 0 Å². The van der Waals surface area contributed by atoms with Gasteiger partial charge in [-0.15, -0.1) is 0 Å². The maximum atomic E-state index is 12.4. The molecule has 1 aromatic rings. The zero-order chi connectivity index (χ0) is 15.6. The molecule has 1 aliphatic carbocycles. The van der Waals surface area contributed by atoms with Crippen LogP contribution in [0.15, 0.2) is 17.7 Å². The summed E-state index contributed by atoms with van der Waals surface area (Å²) < 4.78 is 0. The van der Waals surface area contributed by atoms with E-state index in [2.05, 4.69) is 5.32 Å². The Morgan fingerprint density at radius 1 is 1.14 bits per heavy atom. The van der Waals surface area contributed by atoms with E-state index >= 15 is 0 Å². The van der Waals surface area contributed by atoms with E-state index in [1.807, 2.05) is 13.8 Å². The highest BCUT2D eigenvalue weighted by Crippen LogP contribution is 2.40. The van der Waals surface area contributed by atoms with Gasteiger partial charge in [-0.05, 0) is 36.1 Å². The van der Waals surface area contributed by atoms with E-state index in [4.69, 9.17) is 0 Å². The largest absolute Gasteiger partial charge is 0.504 e. The van der Waals surface area contributed by atoms with E-state index in [1.165, 1.54) is 12.1 Å². The van der Waals surface area contributed by atoms with Crippen molar-refractivity contribution in [3.8, 4) is 11.5 Å². The minimum absolute atomic E-state index is 0.119. The summed E-state index contributed by atoms with van der Waals surface area (Å²) in [7, 11) is 0. The third kappa shape index (κ3) is 2.63. The van der Waals surface area contributed by atoms with E-state index in [0.29, 0.717) is 24.1 Å². The van der Waals surface area contributed by atoms with Crippen LogP contribution in [0.5, 0.6) is 11.5 Å². The Hall–Kier alpha value is -2.30. The Bertz CT molecular complexity index is 631. The zero-order valence-electron chi connectivity index (χ0n) is 12.2. The van der Waals surface area contributed by atoms with Crippen molar-refractivity contribution in [2.24, 2.45) is 0 Å². The quantitative estimate of drug-likeness (QED) is 0.441. The lowest BCUT2D eigenvalue weighted by atomic mass is 10.0. The number of fused-ring (bicyclic) bond motifs is 1. The number of ketones is 1. The predicted molar refractivity (Wildman–Crippen MR) is 79.2 cm³/mol. The topological polar surface area (TPSA) is 86.6 Å². The summed E-state index contributed by atoms with van der Waals surface area (Å²) >= 11 is 0. The smallest absolute Gasteiger partial charge is 0.255 e. The number of carbonyl (C=O) groups is 2. The van der Waals surface area contributed by atoms with Crippen molar-refractivity contribution in [2.45, 2.75) is 33.1 Å². The summed E-state index contributed by atoms with van der Waals surface area (Å²) in [6, 6.07) is 2.56. The van der Waals surface area contributed by atoms with E-state index in [9.17, 15) is 19.8 Å². The van der Waals surface area contributed by atoms with Crippen LogP contribution in [0.2, 0.25) is 0 Å². The molecule has 0 atom stereocenters. The SMILES string of the molecule is CCCCNC(=O)C1=C(CC)c2cc(O)c(O)cc2C1=O. The van der Waals surface area contributed by atoms with E-state index < -0.39 is 5.78 Å². The van der Waals surface area contributed by atoms with E-state index in [-0.39, 0.29) is 28.5 Å². The summed E-state index contributed by atoms with van der Waals surface area (Å²) in [5.74, 6) is -1.43. The highest BCUT2D eigenvalue weighted by atomic mass is 16.3. The first-order chi connectivity index (χ1) is 10.0. The minimum Gasteiger partial charge on any atom is -0.504 e. The molecule has 112 valence electrons. The van der Waals surface area contributed by atoms with Crippen molar-refractivity contribution in [3.63, 3.8) is 0 Å². The van der Waals surface area contributed by atoms with Gasteiger partial charge in [-0.1, -0.05) is 20.3 Å². The van der Waals surface area contributed by atoms with Gasteiger partial charge in [0.25, 0.3) is 5.91 Å². The number of rotatable bonds is 5. The Labute approximate surface area is 123 Å². The number of benzene rings is 1. The van der Waals surface area contributed by atoms with Crippen LogP contribution < -0.4 is 5.32 Å². The first-order valence-corrected chi connectivity index (χ1v) is 7.13. The molecular weight excluding hydrogens is 270 g/mol. The molecule has 0 fully saturated rings. The van der Waals surface area contributed by atoms with Crippen molar-refractivity contribution in [3.05, 3.63) is 28.8 Å².